The van der Waals surface area contributed by atoms with Gasteiger partial charge in [-0.25, -0.2) is 8.78 Å². The predicted molar refractivity (Wildman–Crippen MR) is 114 cm³/mol. The molecule has 33 heavy (non-hydrogen) atoms. The van der Waals surface area contributed by atoms with Gasteiger partial charge in [-0.05, 0) is 73.7 Å². The normalized spacial score (nSPS) is 21.9. The van der Waals surface area contributed by atoms with E-state index >= 15 is 0 Å². The first kappa shape index (κ1) is 21.6. The Labute approximate surface area is 189 Å². The molecule has 9 heteroatoms. The number of benzene rings is 1. The Balaban J connectivity index is 1.31. The molecular formula is C24H24F2N4O3. The monoisotopic (exact) mass is 454 g/mol. The number of nitrogens with one attached hydrogen (secondary N) is 1. The lowest BCUT2D eigenvalue weighted by molar-refractivity contribution is -0.136. The number of hydrogen-bond donors (Lipinski definition) is 1. The lowest BCUT2D eigenvalue weighted by Crippen LogP contribution is -2.52. The SMILES string of the molecule is O=C1CCC(N2Cc3c(cc(F)cc3C3CCN(Cc4cc(F)ccn4)CC3)C2=O)C(=O)N1. The molecule has 3 aliphatic rings. The van der Waals surface area contributed by atoms with Crippen LogP contribution in [-0.2, 0) is 22.7 Å². The van der Waals surface area contributed by atoms with Crippen molar-refractivity contribution in [1.29, 1.82) is 0 Å². The van der Waals surface area contributed by atoms with E-state index in [2.05, 4.69) is 15.2 Å². The van der Waals surface area contributed by atoms with Crippen molar-refractivity contribution in [1.82, 2.24) is 20.1 Å². The number of halogens is 2. The van der Waals surface area contributed by atoms with Crippen LogP contribution < -0.4 is 5.32 Å². The largest absolute Gasteiger partial charge is 0.322 e. The first-order valence-corrected chi connectivity index (χ1v) is 11.2. The maximum atomic E-state index is 14.5. The highest BCUT2D eigenvalue weighted by Gasteiger charge is 2.41. The summed E-state index contributed by atoms with van der Waals surface area (Å²) in [7, 11) is 0. The van der Waals surface area contributed by atoms with Crippen molar-refractivity contribution in [3.05, 3.63) is 64.5 Å². The second-order valence-electron chi connectivity index (χ2n) is 8.94. The zero-order valence-corrected chi connectivity index (χ0v) is 18.0. The van der Waals surface area contributed by atoms with Crippen molar-refractivity contribution in [2.45, 2.75) is 50.7 Å². The third-order valence-corrected chi connectivity index (χ3v) is 6.85. The van der Waals surface area contributed by atoms with Crippen molar-refractivity contribution >= 4 is 17.7 Å². The zero-order chi connectivity index (χ0) is 23.1. The van der Waals surface area contributed by atoms with Crippen LogP contribution in [-0.4, -0.2) is 51.6 Å². The molecule has 1 aromatic heterocycles. The molecule has 1 unspecified atom stereocenters. The summed E-state index contributed by atoms with van der Waals surface area (Å²) in [6.45, 7) is 2.29. The van der Waals surface area contributed by atoms with Gasteiger partial charge in [0.2, 0.25) is 11.8 Å². The number of rotatable bonds is 4. The van der Waals surface area contributed by atoms with Crippen molar-refractivity contribution in [2.75, 3.05) is 13.1 Å². The van der Waals surface area contributed by atoms with Crippen LogP contribution in [0.5, 0.6) is 0 Å². The summed E-state index contributed by atoms with van der Waals surface area (Å²) in [4.78, 5) is 44.7. The molecule has 3 aliphatic heterocycles. The fourth-order valence-corrected chi connectivity index (χ4v) is 5.18. The molecule has 2 saturated heterocycles. The molecule has 0 aliphatic carbocycles. The Morgan fingerprint density at radius 1 is 1.03 bits per heavy atom. The summed E-state index contributed by atoms with van der Waals surface area (Å²) < 4.78 is 27.9. The molecule has 7 nitrogen and oxygen atoms in total. The third kappa shape index (κ3) is 4.25. The molecule has 0 spiro atoms. The maximum absolute atomic E-state index is 14.5. The van der Waals surface area contributed by atoms with E-state index in [9.17, 15) is 23.2 Å². The van der Waals surface area contributed by atoms with Crippen LogP contribution in [0.1, 0.15) is 58.8 Å². The van der Waals surface area contributed by atoms with Crippen LogP contribution in [0.2, 0.25) is 0 Å². The van der Waals surface area contributed by atoms with Gasteiger partial charge in [0.15, 0.2) is 0 Å². The number of aromatic nitrogens is 1. The smallest absolute Gasteiger partial charge is 0.255 e. The Morgan fingerprint density at radius 2 is 1.82 bits per heavy atom. The molecule has 172 valence electrons. The van der Waals surface area contributed by atoms with Gasteiger partial charge >= 0.3 is 0 Å². The van der Waals surface area contributed by atoms with E-state index in [0.717, 1.165) is 37.1 Å². The lowest BCUT2D eigenvalue weighted by Gasteiger charge is -2.33. The molecule has 1 N–H and O–H groups in total. The second-order valence-corrected chi connectivity index (χ2v) is 8.94. The van der Waals surface area contributed by atoms with Crippen LogP contribution in [0, 0.1) is 11.6 Å². The zero-order valence-electron chi connectivity index (χ0n) is 18.0. The van der Waals surface area contributed by atoms with Crippen molar-refractivity contribution in [3.8, 4) is 0 Å². The number of likely N-dealkylation sites (tertiary alicyclic amines) is 1. The van der Waals surface area contributed by atoms with E-state index < -0.39 is 17.8 Å². The van der Waals surface area contributed by atoms with Gasteiger partial charge in [0.1, 0.15) is 17.7 Å². The highest BCUT2D eigenvalue weighted by molar-refractivity contribution is 6.05. The lowest BCUT2D eigenvalue weighted by atomic mass is 9.85. The molecule has 4 heterocycles. The van der Waals surface area contributed by atoms with Crippen LogP contribution in [0.15, 0.2) is 30.5 Å². The molecule has 2 fully saturated rings. The van der Waals surface area contributed by atoms with Crippen molar-refractivity contribution in [2.24, 2.45) is 0 Å². The van der Waals surface area contributed by atoms with E-state index in [4.69, 9.17) is 0 Å². The average molecular weight is 454 g/mol. The van der Waals surface area contributed by atoms with Gasteiger partial charge in [-0.15, -0.1) is 0 Å². The first-order chi connectivity index (χ1) is 15.9. The van der Waals surface area contributed by atoms with E-state index in [-0.39, 0.29) is 42.9 Å². The van der Waals surface area contributed by atoms with E-state index in [1.807, 2.05) is 0 Å². The van der Waals surface area contributed by atoms with Gasteiger partial charge < -0.3 is 4.90 Å². The molecule has 3 amide bonds. The number of pyridine rings is 1. The number of hydrogen-bond acceptors (Lipinski definition) is 5. The van der Waals surface area contributed by atoms with Gasteiger partial charge in [0, 0.05) is 31.3 Å². The number of carbonyl (C=O) groups is 3. The number of carbonyl (C=O) groups excluding carboxylic acids is 3. The number of nitrogens with zero attached hydrogens (tertiary/aromatic N) is 3. The topological polar surface area (TPSA) is 82.6 Å². The van der Waals surface area contributed by atoms with Crippen LogP contribution >= 0.6 is 0 Å². The van der Waals surface area contributed by atoms with E-state index in [0.29, 0.717) is 17.8 Å². The van der Waals surface area contributed by atoms with E-state index in [1.54, 1.807) is 0 Å². The Hall–Kier alpha value is -3.20. The Bertz CT molecular complexity index is 1130. The molecular weight excluding hydrogens is 430 g/mol. The average Bonchev–Trinajstić information content (AvgIpc) is 3.10. The van der Waals surface area contributed by atoms with Gasteiger partial charge in [-0.1, -0.05) is 0 Å². The maximum Gasteiger partial charge on any atom is 0.255 e. The number of amides is 3. The Kier molecular flexibility index (Phi) is 5.65. The second kappa shape index (κ2) is 8.62. The summed E-state index contributed by atoms with van der Waals surface area (Å²) in [6, 6.07) is 4.78. The first-order valence-electron chi connectivity index (χ1n) is 11.2. The van der Waals surface area contributed by atoms with Crippen LogP contribution in [0.25, 0.3) is 0 Å². The van der Waals surface area contributed by atoms with Gasteiger partial charge in [-0.2, -0.15) is 0 Å². The fraction of sp³-hybridized carbons (Fsp3) is 0.417. The van der Waals surface area contributed by atoms with Gasteiger partial charge in [-0.3, -0.25) is 29.6 Å². The van der Waals surface area contributed by atoms with Gasteiger partial charge in [0.25, 0.3) is 5.91 Å². The summed E-state index contributed by atoms with van der Waals surface area (Å²) in [6.07, 6.45) is 3.46. The molecule has 2 aromatic rings. The molecule has 0 saturated carbocycles. The van der Waals surface area contributed by atoms with Crippen LogP contribution in [0.4, 0.5) is 8.78 Å². The van der Waals surface area contributed by atoms with Gasteiger partial charge in [0.05, 0.1) is 5.69 Å². The highest BCUT2D eigenvalue weighted by atomic mass is 19.1. The highest BCUT2D eigenvalue weighted by Crippen LogP contribution is 2.37. The summed E-state index contributed by atoms with van der Waals surface area (Å²) >= 11 is 0. The molecule has 1 aromatic carbocycles. The number of fused-ring (bicyclic) bond motifs is 1. The summed E-state index contributed by atoms with van der Waals surface area (Å²) in [5.41, 5.74) is 2.57. The fourth-order valence-electron chi connectivity index (χ4n) is 5.18. The standard InChI is InChI=1S/C24H24F2N4O3/c25-15-3-6-27-17(9-15)12-29-7-4-14(5-8-29)18-10-16(26)11-19-20(18)13-30(24(19)33)21-1-2-22(31)28-23(21)32/h3,6,9-11,14,21H,1-2,4-5,7-8,12-13H2,(H,28,31,32). The molecule has 0 radical (unpaired) electrons. The minimum absolute atomic E-state index is 0.0840. The minimum Gasteiger partial charge on any atom is -0.322 e. The molecule has 5 rings (SSSR count). The Morgan fingerprint density at radius 3 is 2.55 bits per heavy atom. The number of piperidine rings is 2. The van der Waals surface area contributed by atoms with Crippen molar-refractivity contribution < 1.29 is 23.2 Å². The molecule has 1 atom stereocenters. The quantitative estimate of drug-likeness (QED) is 0.718. The van der Waals surface area contributed by atoms with E-state index in [1.165, 1.54) is 35.4 Å². The van der Waals surface area contributed by atoms with Crippen molar-refractivity contribution in [3.63, 3.8) is 0 Å². The predicted octanol–water partition coefficient (Wildman–Crippen LogP) is 2.50. The minimum atomic E-state index is -0.723. The summed E-state index contributed by atoms with van der Waals surface area (Å²) in [5.74, 6) is -1.87. The van der Waals surface area contributed by atoms with Crippen LogP contribution in [0.3, 0.4) is 0 Å². The molecule has 0 bridgehead atoms. The summed E-state index contributed by atoms with van der Waals surface area (Å²) in [5, 5.41) is 2.29. The number of imide groups is 1. The third-order valence-electron chi connectivity index (χ3n) is 6.85.